The Morgan fingerprint density at radius 1 is 1.57 bits per heavy atom. The molecule has 0 rings (SSSR count). The first-order valence-corrected chi connectivity index (χ1v) is 2.60. The number of rotatable bonds is 1. The Morgan fingerprint density at radius 3 is 1.71 bits per heavy atom. The summed E-state index contributed by atoms with van der Waals surface area (Å²) in [5.74, 6) is 0. The van der Waals surface area contributed by atoms with E-state index < -0.39 is 0 Å². The van der Waals surface area contributed by atoms with Crippen LogP contribution in [0.25, 0.3) is 0 Å². The quantitative estimate of drug-likeness (QED) is 0.386. The van der Waals surface area contributed by atoms with Gasteiger partial charge in [0.1, 0.15) is 0 Å². The molecule has 7 heavy (non-hydrogen) atoms. The van der Waals surface area contributed by atoms with Crippen molar-refractivity contribution in [1.29, 1.82) is 0 Å². The molecule has 4 heteroatoms. The number of nitrogens with two attached hydrogens (primary N) is 1. The fourth-order valence-corrected chi connectivity index (χ4v) is 0. The maximum Gasteiger partial charge on any atom is 0.0645 e. The van der Waals surface area contributed by atoms with E-state index in [1.54, 1.807) is 0 Å². The van der Waals surface area contributed by atoms with E-state index >= 15 is 0 Å². The minimum absolute atomic E-state index is 0. The number of hydrogen-bond donors (Lipinski definition) is 3. The smallest absolute Gasteiger partial charge is 0.0645 e. The number of thiol groups is 2. The molecule has 0 saturated carbocycles. The molecule has 46 valence electrons. The van der Waals surface area contributed by atoms with Gasteiger partial charge in [0.15, 0.2) is 0 Å². The Morgan fingerprint density at radius 2 is 1.71 bits per heavy atom. The van der Waals surface area contributed by atoms with Crippen LogP contribution in [0.5, 0.6) is 0 Å². The summed E-state index contributed by atoms with van der Waals surface area (Å²) in [5.41, 5.74) is 5.15. The van der Waals surface area contributed by atoms with Crippen molar-refractivity contribution < 1.29 is 0 Å². The second-order valence-electron chi connectivity index (χ2n) is 1.42. The average Bonchev–Trinajstić information content (AvgIpc) is 1.35. The van der Waals surface area contributed by atoms with Crippen molar-refractivity contribution in [2.75, 3.05) is 6.54 Å². The normalized spacial score (nSPS) is 10.3. The van der Waals surface area contributed by atoms with E-state index in [-0.39, 0.29) is 16.5 Å². The molecule has 0 atom stereocenters. The molecule has 0 bridgehead atoms. The molecule has 0 amide bonds. The lowest BCUT2D eigenvalue weighted by Crippen LogP contribution is -2.20. The van der Waals surface area contributed by atoms with Crippen molar-refractivity contribution in [3.8, 4) is 0 Å². The van der Waals surface area contributed by atoms with Gasteiger partial charge in [-0.3, -0.25) is 0 Å². The van der Waals surface area contributed by atoms with E-state index in [0.717, 1.165) is 0 Å². The Bertz CT molecular complexity index is 42.7. The molecule has 0 aromatic carbocycles. The second-order valence-corrected chi connectivity index (χ2v) is 3.75. The molecule has 0 heterocycles. The summed E-state index contributed by atoms with van der Waals surface area (Å²) in [6, 6.07) is 0. The molecule has 2 N–H and O–H groups in total. The van der Waals surface area contributed by atoms with Crippen LogP contribution in [0.1, 0.15) is 6.92 Å². The van der Waals surface area contributed by atoms with Gasteiger partial charge in [0.2, 0.25) is 0 Å². The third kappa shape index (κ3) is 10.9. The van der Waals surface area contributed by atoms with Crippen LogP contribution >= 0.6 is 37.7 Å². The highest BCUT2D eigenvalue weighted by Gasteiger charge is 2.06. The molecule has 0 saturated heterocycles. The summed E-state index contributed by atoms with van der Waals surface area (Å²) in [6.45, 7) is 2.35. The van der Waals surface area contributed by atoms with Gasteiger partial charge in [-0.15, -0.1) is 12.4 Å². The molecule has 0 unspecified atom stereocenters. The van der Waals surface area contributed by atoms with E-state index in [1.807, 2.05) is 6.92 Å². The molecule has 0 aliphatic rings. The highest BCUT2D eigenvalue weighted by molar-refractivity contribution is 8.00. The first kappa shape index (κ1) is 10.8. The first-order chi connectivity index (χ1) is 2.56. The van der Waals surface area contributed by atoms with Crippen molar-refractivity contribution in [3.05, 3.63) is 0 Å². The van der Waals surface area contributed by atoms with Gasteiger partial charge in [0.05, 0.1) is 4.08 Å². The SMILES string of the molecule is CC(S)(S)CN.Cl. The average molecular weight is 160 g/mol. The maximum absolute atomic E-state index is 5.15. The van der Waals surface area contributed by atoms with Gasteiger partial charge in [-0.2, -0.15) is 25.3 Å². The van der Waals surface area contributed by atoms with Gasteiger partial charge in [-0.25, -0.2) is 0 Å². The minimum Gasteiger partial charge on any atom is -0.328 e. The van der Waals surface area contributed by atoms with E-state index in [0.29, 0.717) is 6.54 Å². The van der Waals surface area contributed by atoms with Gasteiger partial charge < -0.3 is 5.73 Å². The van der Waals surface area contributed by atoms with Gasteiger partial charge in [-0.05, 0) is 6.92 Å². The summed E-state index contributed by atoms with van der Waals surface area (Å²) in [4.78, 5) is 0. The Kier molecular flexibility index (Phi) is 6.03. The lowest BCUT2D eigenvalue weighted by atomic mass is 10.5. The van der Waals surface area contributed by atoms with Gasteiger partial charge in [-0.1, -0.05) is 0 Å². The summed E-state index contributed by atoms with van der Waals surface area (Å²) >= 11 is 7.99. The van der Waals surface area contributed by atoms with Gasteiger partial charge in [0.25, 0.3) is 0 Å². The zero-order valence-corrected chi connectivity index (χ0v) is 6.69. The highest BCUT2D eigenvalue weighted by atomic mass is 35.5. The summed E-state index contributed by atoms with van der Waals surface area (Å²) < 4.78 is -0.292. The van der Waals surface area contributed by atoms with Crippen LogP contribution in [-0.2, 0) is 0 Å². The second kappa shape index (κ2) is 3.89. The van der Waals surface area contributed by atoms with Crippen molar-refractivity contribution >= 4 is 37.7 Å². The van der Waals surface area contributed by atoms with Crippen molar-refractivity contribution in [3.63, 3.8) is 0 Å². The minimum atomic E-state index is -0.292. The number of hydrogen-bond acceptors (Lipinski definition) is 3. The van der Waals surface area contributed by atoms with Crippen LogP contribution in [0.2, 0.25) is 0 Å². The molecular weight excluding hydrogens is 150 g/mol. The molecule has 0 spiro atoms. The molecule has 1 nitrogen and oxygen atoms in total. The van der Waals surface area contributed by atoms with Crippen LogP contribution < -0.4 is 5.73 Å². The predicted molar refractivity (Wildman–Crippen MR) is 42.7 cm³/mol. The highest BCUT2D eigenvalue weighted by Crippen LogP contribution is 2.14. The maximum atomic E-state index is 5.15. The summed E-state index contributed by atoms with van der Waals surface area (Å²) in [7, 11) is 0. The molecule has 0 aromatic rings. The van der Waals surface area contributed by atoms with Gasteiger partial charge in [0, 0.05) is 6.54 Å². The lowest BCUT2D eigenvalue weighted by molar-refractivity contribution is 0.906. The molecule has 0 radical (unpaired) electrons. The van der Waals surface area contributed by atoms with Crippen LogP contribution in [0.3, 0.4) is 0 Å². The van der Waals surface area contributed by atoms with E-state index in [9.17, 15) is 0 Å². The fourth-order valence-electron chi connectivity index (χ4n) is 0. The number of halogens is 1. The zero-order valence-electron chi connectivity index (χ0n) is 4.09. The Labute approximate surface area is 61.3 Å². The standard InChI is InChI=1S/C3H9NS2.ClH/c1-3(5,6)2-4;/h5-6H,2,4H2,1H3;1H. The predicted octanol–water partition coefficient (Wildman–Crippen LogP) is 0.943. The Hall–Kier alpha value is 0.950. The van der Waals surface area contributed by atoms with Crippen LogP contribution in [0.4, 0.5) is 0 Å². The lowest BCUT2D eigenvalue weighted by Gasteiger charge is -2.10. The molecular formula is C3H10ClNS2. The fraction of sp³-hybridized carbons (Fsp3) is 1.00. The Balaban J connectivity index is 0. The molecule has 0 aromatic heterocycles. The summed E-state index contributed by atoms with van der Waals surface area (Å²) in [5, 5.41) is 0. The molecule has 0 fully saturated rings. The first-order valence-electron chi connectivity index (χ1n) is 1.71. The van der Waals surface area contributed by atoms with Crippen molar-refractivity contribution in [2.45, 2.75) is 11.0 Å². The third-order valence-electron chi connectivity index (χ3n) is 0.387. The topological polar surface area (TPSA) is 26.0 Å². The van der Waals surface area contributed by atoms with Crippen LogP contribution in [0.15, 0.2) is 0 Å². The largest absolute Gasteiger partial charge is 0.328 e. The third-order valence-corrected chi connectivity index (χ3v) is 0.752. The zero-order chi connectivity index (χ0) is 5.21. The van der Waals surface area contributed by atoms with Crippen LogP contribution in [-0.4, -0.2) is 10.6 Å². The molecule has 0 aliphatic heterocycles. The van der Waals surface area contributed by atoms with Gasteiger partial charge >= 0.3 is 0 Å². The van der Waals surface area contributed by atoms with E-state index in [1.165, 1.54) is 0 Å². The monoisotopic (exact) mass is 159 g/mol. The summed E-state index contributed by atoms with van der Waals surface area (Å²) in [6.07, 6.45) is 0. The van der Waals surface area contributed by atoms with E-state index in [2.05, 4.69) is 25.3 Å². The van der Waals surface area contributed by atoms with Crippen LogP contribution in [0, 0.1) is 0 Å². The van der Waals surface area contributed by atoms with Crippen molar-refractivity contribution in [1.82, 2.24) is 0 Å². The van der Waals surface area contributed by atoms with Crippen molar-refractivity contribution in [2.24, 2.45) is 5.73 Å². The molecule has 0 aliphatic carbocycles. The van der Waals surface area contributed by atoms with E-state index in [4.69, 9.17) is 5.73 Å².